The van der Waals surface area contributed by atoms with Crippen LogP contribution in [0.5, 0.6) is 11.5 Å². The molecule has 0 spiro atoms. The molecule has 2 aromatic rings. The molecule has 7 nitrogen and oxygen atoms in total. The monoisotopic (exact) mass is 413 g/mol. The number of ether oxygens (including phenoxy) is 2. The molecule has 0 atom stereocenters. The first-order valence-electron chi connectivity index (χ1n) is 8.64. The van der Waals surface area contributed by atoms with Crippen LogP contribution < -0.4 is 20.2 Å². The maximum atomic E-state index is 11.9. The average Bonchev–Trinajstić information content (AvgIpc) is 2.72. The summed E-state index contributed by atoms with van der Waals surface area (Å²) in [6, 6.07) is 12.1. The van der Waals surface area contributed by atoms with Gasteiger partial charge in [-0.25, -0.2) is 5.43 Å². The van der Waals surface area contributed by atoms with Crippen LogP contribution in [0, 0.1) is 12.3 Å². The molecule has 0 unspecified atom stereocenters. The highest BCUT2D eigenvalue weighted by molar-refractivity contribution is 6.33. The van der Waals surface area contributed by atoms with Gasteiger partial charge in [0.05, 0.1) is 24.0 Å². The number of carbonyl (C=O) groups excluding carboxylic acids is 2. The van der Waals surface area contributed by atoms with Crippen LogP contribution in [0.1, 0.15) is 18.4 Å². The van der Waals surface area contributed by atoms with Crippen molar-refractivity contribution >= 4 is 35.3 Å². The van der Waals surface area contributed by atoms with Crippen molar-refractivity contribution in [3.63, 3.8) is 0 Å². The van der Waals surface area contributed by atoms with E-state index in [2.05, 4.69) is 21.8 Å². The summed E-state index contributed by atoms with van der Waals surface area (Å²) in [5.74, 6) is 2.56. The van der Waals surface area contributed by atoms with Gasteiger partial charge in [0, 0.05) is 18.4 Å². The Hall–Kier alpha value is -3.50. The fourth-order valence-corrected chi connectivity index (χ4v) is 2.48. The summed E-state index contributed by atoms with van der Waals surface area (Å²) < 4.78 is 10.7. The van der Waals surface area contributed by atoms with Crippen LogP contribution in [-0.2, 0) is 9.59 Å². The largest absolute Gasteiger partial charge is 0.493 e. The van der Waals surface area contributed by atoms with Crippen LogP contribution in [0.3, 0.4) is 0 Å². The topological polar surface area (TPSA) is 89.0 Å². The van der Waals surface area contributed by atoms with E-state index < -0.39 is 5.91 Å². The van der Waals surface area contributed by atoms with Crippen molar-refractivity contribution in [2.75, 3.05) is 19.0 Å². The van der Waals surface area contributed by atoms with Crippen molar-refractivity contribution in [2.24, 2.45) is 5.10 Å². The summed E-state index contributed by atoms with van der Waals surface area (Å²) in [4.78, 5) is 23.9. The highest BCUT2D eigenvalue weighted by Crippen LogP contribution is 2.29. The van der Waals surface area contributed by atoms with E-state index in [1.165, 1.54) is 13.3 Å². The molecule has 2 amide bonds. The summed E-state index contributed by atoms with van der Waals surface area (Å²) in [6.07, 6.45) is 6.59. The fourth-order valence-electron chi connectivity index (χ4n) is 2.30. The number of terminal acetylenes is 1. The maximum absolute atomic E-state index is 11.9. The first kappa shape index (κ1) is 21.8. The van der Waals surface area contributed by atoms with Crippen molar-refractivity contribution in [1.29, 1.82) is 0 Å². The molecule has 29 heavy (non-hydrogen) atoms. The Kier molecular flexibility index (Phi) is 8.54. The molecule has 0 radical (unpaired) electrons. The van der Waals surface area contributed by atoms with Crippen LogP contribution in [0.2, 0.25) is 5.02 Å². The summed E-state index contributed by atoms with van der Waals surface area (Å²) in [6.45, 7) is 0.0636. The molecule has 0 fully saturated rings. The van der Waals surface area contributed by atoms with E-state index in [9.17, 15) is 9.59 Å². The molecular weight excluding hydrogens is 394 g/mol. The normalized spacial score (nSPS) is 10.2. The Morgan fingerprint density at radius 3 is 2.66 bits per heavy atom. The van der Waals surface area contributed by atoms with Crippen LogP contribution in [0.25, 0.3) is 0 Å². The van der Waals surface area contributed by atoms with Crippen molar-refractivity contribution < 1.29 is 19.1 Å². The number of halogens is 1. The van der Waals surface area contributed by atoms with Crippen molar-refractivity contribution in [3.8, 4) is 23.8 Å². The quantitative estimate of drug-likeness (QED) is 0.375. The Balaban J connectivity index is 1.87. The van der Waals surface area contributed by atoms with Gasteiger partial charge in [0.15, 0.2) is 11.5 Å². The van der Waals surface area contributed by atoms with Gasteiger partial charge in [-0.1, -0.05) is 35.7 Å². The highest BCUT2D eigenvalue weighted by Gasteiger charge is 2.10. The molecule has 2 aromatic carbocycles. The molecule has 2 rings (SSSR count). The number of anilines is 1. The average molecular weight is 414 g/mol. The van der Waals surface area contributed by atoms with Gasteiger partial charge in [-0.05, 0) is 24.3 Å². The lowest BCUT2D eigenvalue weighted by atomic mass is 10.2. The third kappa shape index (κ3) is 6.87. The smallest absolute Gasteiger partial charge is 0.240 e. The summed E-state index contributed by atoms with van der Waals surface area (Å²) >= 11 is 5.98. The molecule has 0 aromatic heterocycles. The Morgan fingerprint density at radius 2 is 1.93 bits per heavy atom. The van der Waals surface area contributed by atoms with E-state index in [1.54, 1.807) is 42.5 Å². The van der Waals surface area contributed by atoms with Gasteiger partial charge in [0.1, 0.15) is 6.61 Å². The number of benzene rings is 2. The molecule has 0 aliphatic carbocycles. The molecule has 0 heterocycles. The van der Waals surface area contributed by atoms with E-state index in [0.29, 0.717) is 27.8 Å². The van der Waals surface area contributed by atoms with Crippen LogP contribution >= 0.6 is 11.6 Å². The number of hydrazone groups is 1. The van der Waals surface area contributed by atoms with Crippen molar-refractivity contribution in [1.82, 2.24) is 5.43 Å². The van der Waals surface area contributed by atoms with Gasteiger partial charge in [-0.3, -0.25) is 9.59 Å². The molecule has 2 N–H and O–H groups in total. The minimum Gasteiger partial charge on any atom is -0.493 e. The van der Waals surface area contributed by atoms with E-state index in [1.807, 2.05) is 0 Å². The van der Waals surface area contributed by atoms with E-state index in [0.717, 1.165) is 0 Å². The van der Waals surface area contributed by atoms with Crippen LogP contribution in [-0.4, -0.2) is 31.7 Å². The first-order chi connectivity index (χ1) is 14.0. The van der Waals surface area contributed by atoms with Crippen LogP contribution in [0.15, 0.2) is 47.6 Å². The minimum absolute atomic E-state index is 0.0116. The molecule has 0 bridgehead atoms. The lowest BCUT2D eigenvalue weighted by Gasteiger charge is -2.11. The predicted octanol–water partition coefficient (Wildman–Crippen LogP) is 3.23. The Bertz CT molecular complexity index is 938. The number of amides is 2. The SMILES string of the molecule is C#CCOc1c(C=NNC(=O)CCC(=O)Nc2ccccc2Cl)cccc1OC. The predicted molar refractivity (Wildman–Crippen MR) is 112 cm³/mol. The van der Waals surface area contributed by atoms with Crippen LogP contribution in [0.4, 0.5) is 5.69 Å². The number of hydrogen-bond donors (Lipinski definition) is 2. The minimum atomic E-state index is -0.412. The number of rotatable bonds is 9. The molecular formula is C21H20ClN3O4. The zero-order chi connectivity index (χ0) is 21.1. The van der Waals surface area contributed by atoms with Crippen molar-refractivity contribution in [2.45, 2.75) is 12.8 Å². The Labute approximate surface area is 174 Å². The van der Waals surface area contributed by atoms with E-state index in [4.69, 9.17) is 27.5 Å². The van der Waals surface area contributed by atoms with Crippen molar-refractivity contribution in [3.05, 3.63) is 53.1 Å². The molecule has 0 aliphatic rings. The molecule has 8 heteroatoms. The van der Waals surface area contributed by atoms with Gasteiger partial charge in [-0.15, -0.1) is 6.42 Å². The van der Waals surface area contributed by atoms with Gasteiger partial charge < -0.3 is 14.8 Å². The Morgan fingerprint density at radius 1 is 1.17 bits per heavy atom. The van der Waals surface area contributed by atoms with Gasteiger partial charge in [-0.2, -0.15) is 5.10 Å². The molecule has 0 aliphatic heterocycles. The van der Waals surface area contributed by atoms with E-state index >= 15 is 0 Å². The summed E-state index contributed by atoms with van der Waals surface area (Å²) in [7, 11) is 1.51. The second kappa shape index (κ2) is 11.4. The number of nitrogens with zero attached hydrogens (tertiary/aromatic N) is 1. The fraction of sp³-hybridized carbons (Fsp3) is 0.190. The highest BCUT2D eigenvalue weighted by atomic mass is 35.5. The summed E-state index contributed by atoms with van der Waals surface area (Å²) in [5.41, 5.74) is 3.45. The lowest BCUT2D eigenvalue weighted by Crippen LogP contribution is -2.20. The zero-order valence-corrected chi connectivity index (χ0v) is 16.5. The standard InChI is InChI=1S/C21H20ClN3O4/c1-3-13-29-21-15(7-6-10-18(21)28-2)14-23-25-20(27)12-11-19(26)24-17-9-5-4-8-16(17)22/h1,4-10,14H,11-13H2,2H3,(H,24,26)(H,25,27). The van der Waals surface area contributed by atoms with Gasteiger partial charge in [0.25, 0.3) is 0 Å². The van der Waals surface area contributed by atoms with E-state index in [-0.39, 0.29) is 25.4 Å². The number of methoxy groups -OCH3 is 1. The zero-order valence-electron chi connectivity index (χ0n) is 15.8. The molecule has 0 saturated heterocycles. The number of hydrogen-bond acceptors (Lipinski definition) is 5. The second-order valence-corrected chi connectivity index (χ2v) is 6.10. The van der Waals surface area contributed by atoms with Gasteiger partial charge >= 0.3 is 0 Å². The lowest BCUT2D eigenvalue weighted by molar-refractivity contribution is -0.124. The maximum Gasteiger partial charge on any atom is 0.240 e. The number of carbonyl (C=O) groups is 2. The van der Waals surface area contributed by atoms with Gasteiger partial charge in [0.2, 0.25) is 11.8 Å². The second-order valence-electron chi connectivity index (χ2n) is 5.69. The molecule has 0 saturated carbocycles. The first-order valence-corrected chi connectivity index (χ1v) is 9.02. The number of nitrogens with one attached hydrogen (secondary N) is 2. The summed E-state index contributed by atoms with van der Waals surface area (Å²) in [5, 5.41) is 6.98. The third-order valence-corrected chi connectivity index (χ3v) is 3.98. The molecule has 150 valence electrons. The third-order valence-electron chi connectivity index (χ3n) is 3.65. The number of para-hydroxylation sites is 2.